The minimum absolute atomic E-state index is 0.0907. The number of carboxylic acids is 1. The van der Waals surface area contributed by atoms with Crippen molar-refractivity contribution in [2.24, 2.45) is 0 Å². The van der Waals surface area contributed by atoms with Crippen molar-refractivity contribution in [1.29, 1.82) is 0 Å². The third kappa shape index (κ3) is 1.87. The summed E-state index contributed by atoms with van der Waals surface area (Å²) in [6, 6.07) is 13.8. The van der Waals surface area contributed by atoms with E-state index in [0.717, 1.165) is 16.5 Å². The van der Waals surface area contributed by atoms with Crippen LogP contribution in [0.25, 0.3) is 16.5 Å². The third-order valence-corrected chi connectivity index (χ3v) is 3.11. The van der Waals surface area contributed by atoms with Crippen LogP contribution in [-0.2, 0) is 0 Å². The molecule has 0 amide bonds. The minimum atomic E-state index is -1.00. The molecular formula is C15H12N2O2. The lowest BCUT2D eigenvalue weighted by Crippen LogP contribution is -2.02. The molecule has 4 nitrogen and oxygen atoms in total. The summed E-state index contributed by atoms with van der Waals surface area (Å²) in [4.78, 5) is 11.1. The number of hydrogen-bond acceptors (Lipinski definition) is 2. The molecule has 19 heavy (non-hydrogen) atoms. The summed E-state index contributed by atoms with van der Waals surface area (Å²) in [5.74, 6) is -1.00. The molecule has 94 valence electrons. The molecule has 1 aromatic heterocycles. The van der Waals surface area contributed by atoms with Crippen molar-refractivity contribution >= 4 is 16.7 Å². The minimum Gasteiger partial charge on any atom is -0.476 e. The topological polar surface area (TPSA) is 55.1 Å². The molecule has 4 heteroatoms. The summed E-state index contributed by atoms with van der Waals surface area (Å²) in [6.07, 6.45) is 1.74. The number of aromatic carboxylic acids is 1. The molecule has 0 unspecified atom stereocenters. The van der Waals surface area contributed by atoms with Gasteiger partial charge in [-0.15, -0.1) is 0 Å². The average Bonchev–Trinajstić information content (AvgIpc) is 2.80. The second-order valence-electron chi connectivity index (χ2n) is 4.41. The van der Waals surface area contributed by atoms with E-state index < -0.39 is 5.97 Å². The van der Waals surface area contributed by atoms with Crippen LogP contribution in [0, 0.1) is 6.92 Å². The number of benzene rings is 2. The Morgan fingerprint density at radius 2 is 1.89 bits per heavy atom. The fraction of sp³-hybridized carbons (Fsp3) is 0.0667. The van der Waals surface area contributed by atoms with Crippen LogP contribution in [0.4, 0.5) is 0 Å². The molecule has 3 rings (SSSR count). The summed E-state index contributed by atoms with van der Waals surface area (Å²) in [7, 11) is 0. The second-order valence-corrected chi connectivity index (χ2v) is 4.41. The number of aromatic nitrogens is 2. The molecule has 0 spiro atoms. The summed E-state index contributed by atoms with van der Waals surface area (Å²) < 4.78 is 1.63. The molecule has 0 aliphatic rings. The van der Waals surface area contributed by atoms with Crippen molar-refractivity contribution in [3.05, 3.63) is 59.9 Å². The lowest BCUT2D eigenvalue weighted by Gasteiger charge is -2.05. The van der Waals surface area contributed by atoms with E-state index in [1.54, 1.807) is 17.8 Å². The highest BCUT2D eigenvalue weighted by Crippen LogP contribution is 2.22. The molecule has 3 aromatic rings. The molecule has 0 fully saturated rings. The van der Waals surface area contributed by atoms with Gasteiger partial charge in [-0.1, -0.05) is 36.4 Å². The second kappa shape index (κ2) is 4.24. The van der Waals surface area contributed by atoms with Crippen LogP contribution < -0.4 is 0 Å². The van der Waals surface area contributed by atoms with Gasteiger partial charge in [0.2, 0.25) is 0 Å². The van der Waals surface area contributed by atoms with Crippen molar-refractivity contribution in [3.63, 3.8) is 0 Å². The van der Waals surface area contributed by atoms with Crippen LogP contribution in [0.5, 0.6) is 0 Å². The Bertz CT molecular complexity index is 769. The van der Waals surface area contributed by atoms with Gasteiger partial charge in [-0.25, -0.2) is 9.48 Å². The molecule has 0 saturated carbocycles. The third-order valence-electron chi connectivity index (χ3n) is 3.11. The largest absolute Gasteiger partial charge is 0.476 e. The van der Waals surface area contributed by atoms with E-state index in [0.29, 0.717) is 5.56 Å². The predicted octanol–water partition coefficient (Wildman–Crippen LogP) is 3.03. The molecule has 0 radical (unpaired) electrons. The summed E-state index contributed by atoms with van der Waals surface area (Å²) in [5, 5.41) is 15.4. The summed E-state index contributed by atoms with van der Waals surface area (Å²) in [5.41, 5.74) is 1.63. The number of fused-ring (bicyclic) bond motifs is 1. The van der Waals surface area contributed by atoms with Crippen molar-refractivity contribution in [2.75, 3.05) is 0 Å². The Kier molecular flexibility index (Phi) is 2.56. The summed E-state index contributed by atoms with van der Waals surface area (Å²) >= 11 is 0. The van der Waals surface area contributed by atoms with Crippen molar-refractivity contribution in [2.45, 2.75) is 6.92 Å². The van der Waals surface area contributed by atoms with Gasteiger partial charge in [-0.05, 0) is 18.4 Å². The monoisotopic (exact) mass is 252 g/mol. The predicted molar refractivity (Wildman–Crippen MR) is 72.8 cm³/mol. The highest BCUT2D eigenvalue weighted by molar-refractivity contribution is 5.91. The van der Waals surface area contributed by atoms with E-state index in [4.69, 9.17) is 5.11 Å². The van der Waals surface area contributed by atoms with Gasteiger partial charge in [0.15, 0.2) is 5.69 Å². The van der Waals surface area contributed by atoms with Gasteiger partial charge in [0, 0.05) is 17.1 Å². The normalized spacial score (nSPS) is 10.8. The Balaban J connectivity index is 2.25. The fourth-order valence-corrected chi connectivity index (χ4v) is 2.20. The maximum absolute atomic E-state index is 11.1. The van der Waals surface area contributed by atoms with Crippen LogP contribution in [-0.4, -0.2) is 20.9 Å². The fourth-order valence-electron chi connectivity index (χ4n) is 2.20. The van der Waals surface area contributed by atoms with Crippen LogP contribution in [0.3, 0.4) is 0 Å². The lowest BCUT2D eigenvalue weighted by atomic mass is 10.1. The zero-order valence-electron chi connectivity index (χ0n) is 10.4. The Hall–Kier alpha value is -2.62. The van der Waals surface area contributed by atoms with E-state index in [2.05, 4.69) is 5.10 Å². The average molecular weight is 252 g/mol. The number of carbonyl (C=O) groups is 1. The van der Waals surface area contributed by atoms with Crippen LogP contribution in [0.1, 0.15) is 16.1 Å². The first kappa shape index (κ1) is 11.5. The standard InChI is InChI=1S/C15H12N2O2/c1-10-9-17(16-14(10)15(18)19)13-8-4-6-11-5-2-3-7-12(11)13/h2-9H,1H3,(H,18,19). The quantitative estimate of drug-likeness (QED) is 0.762. The first-order chi connectivity index (χ1) is 9.16. The molecule has 1 heterocycles. The molecule has 1 N–H and O–H groups in total. The number of rotatable bonds is 2. The zero-order valence-corrected chi connectivity index (χ0v) is 10.4. The Morgan fingerprint density at radius 1 is 1.16 bits per heavy atom. The molecule has 0 saturated heterocycles. The molecule has 2 aromatic carbocycles. The summed E-state index contributed by atoms with van der Waals surface area (Å²) in [6.45, 7) is 1.75. The maximum Gasteiger partial charge on any atom is 0.356 e. The van der Waals surface area contributed by atoms with Crippen molar-refractivity contribution < 1.29 is 9.90 Å². The van der Waals surface area contributed by atoms with Crippen LogP contribution in [0.2, 0.25) is 0 Å². The van der Waals surface area contributed by atoms with Gasteiger partial charge < -0.3 is 5.11 Å². The first-order valence-corrected chi connectivity index (χ1v) is 5.94. The van der Waals surface area contributed by atoms with Crippen molar-refractivity contribution in [1.82, 2.24) is 9.78 Å². The number of hydrogen-bond donors (Lipinski definition) is 1. The van der Waals surface area contributed by atoms with Gasteiger partial charge in [0.1, 0.15) is 0 Å². The Labute approximate surface area is 109 Å². The first-order valence-electron chi connectivity index (χ1n) is 5.94. The SMILES string of the molecule is Cc1cn(-c2cccc3ccccc23)nc1C(=O)O. The lowest BCUT2D eigenvalue weighted by molar-refractivity contribution is 0.0689. The molecular weight excluding hydrogens is 240 g/mol. The molecule has 0 bridgehead atoms. The zero-order chi connectivity index (χ0) is 13.4. The van der Waals surface area contributed by atoms with E-state index in [-0.39, 0.29) is 5.69 Å². The van der Waals surface area contributed by atoms with Gasteiger partial charge in [-0.2, -0.15) is 5.10 Å². The number of carboxylic acid groups (broad SMARTS) is 1. The van der Waals surface area contributed by atoms with E-state index in [1.807, 2.05) is 42.5 Å². The number of nitrogens with zero attached hydrogens (tertiary/aromatic N) is 2. The van der Waals surface area contributed by atoms with Crippen LogP contribution in [0.15, 0.2) is 48.7 Å². The van der Waals surface area contributed by atoms with Gasteiger partial charge in [0.05, 0.1) is 5.69 Å². The molecule has 0 atom stereocenters. The molecule has 0 aliphatic carbocycles. The van der Waals surface area contributed by atoms with Gasteiger partial charge >= 0.3 is 5.97 Å². The Morgan fingerprint density at radius 3 is 2.63 bits per heavy atom. The van der Waals surface area contributed by atoms with Gasteiger partial charge in [0.25, 0.3) is 0 Å². The molecule has 0 aliphatic heterocycles. The highest BCUT2D eigenvalue weighted by atomic mass is 16.4. The smallest absolute Gasteiger partial charge is 0.356 e. The van der Waals surface area contributed by atoms with E-state index >= 15 is 0 Å². The van der Waals surface area contributed by atoms with Gasteiger partial charge in [-0.3, -0.25) is 0 Å². The van der Waals surface area contributed by atoms with E-state index in [9.17, 15) is 4.79 Å². The van der Waals surface area contributed by atoms with Crippen LogP contribution >= 0.6 is 0 Å². The number of aryl methyl sites for hydroxylation is 1. The van der Waals surface area contributed by atoms with Crippen molar-refractivity contribution in [3.8, 4) is 5.69 Å². The van der Waals surface area contributed by atoms with E-state index in [1.165, 1.54) is 0 Å². The highest BCUT2D eigenvalue weighted by Gasteiger charge is 2.13. The maximum atomic E-state index is 11.1.